The van der Waals surface area contributed by atoms with Crippen LogP contribution in [-0.2, 0) is 10.0 Å². The third-order valence-corrected chi connectivity index (χ3v) is 4.73. The molecule has 2 aromatic rings. The van der Waals surface area contributed by atoms with Crippen LogP contribution in [-0.4, -0.2) is 8.42 Å². The fraction of sp³-hybridized carbons (Fsp3) is 0.0714. The molecule has 0 saturated carbocycles. The molecule has 2 rings (SSSR count). The number of sulfonamides is 1. The van der Waals surface area contributed by atoms with Gasteiger partial charge >= 0.3 is 0 Å². The molecule has 7 heteroatoms. The first-order valence-corrected chi connectivity index (χ1v) is 8.20. The molecule has 0 fully saturated rings. The zero-order valence-electron chi connectivity index (χ0n) is 11.1. The first-order valence-electron chi connectivity index (χ1n) is 5.92. The first kappa shape index (κ1) is 15.4. The van der Waals surface area contributed by atoms with Crippen LogP contribution < -0.4 is 10.5 Å². The summed E-state index contributed by atoms with van der Waals surface area (Å²) >= 11 is 3.24. The summed E-state index contributed by atoms with van der Waals surface area (Å²) in [6, 6.07) is 11.4. The van der Waals surface area contributed by atoms with E-state index in [4.69, 9.17) is 11.0 Å². The molecule has 0 amide bonds. The Morgan fingerprint density at radius 3 is 2.57 bits per heavy atom. The summed E-state index contributed by atoms with van der Waals surface area (Å²) in [4.78, 5) is -0.0167. The molecule has 0 aliphatic rings. The number of nitrogens with zero attached hydrogens (tertiary/aromatic N) is 1. The predicted octanol–water partition coefficient (Wildman–Crippen LogP) is 3.01. The van der Waals surface area contributed by atoms with E-state index in [1.165, 1.54) is 18.2 Å². The molecule has 0 radical (unpaired) electrons. The van der Waals surface area contributed by atoms with Crippen molar-refractivity contribution in [2.75, 3.05) is 10.5 Å². The Morgan fingerprint density at radius 1 is 1.24 bits per heavy atom. The summed E-state index contributed by atoms with van der Waals surface area (Å²) in [7, 11) is -3.86. The second-order valence-corrected chi connectivity index (χ2v) is 7.01. The largest absolute Gasteiger partial charge is 0.398 e. The molecule has 2 aromatic carbocycles. The standard InChI is InChI=1S/C14H12BrN3O2S/c1-9-2-5-14(12(17)6-9)21(19,20)18-13-7-11(15)4-3-10(13)8-16/h2-7,18H,17H2,1H3. The van der Waals surface area contributed by atoms with Gasteiger partial charge in [0.2, 0.25) is 0 Å². The highest BCUT2D eigenvalue weighted by Crippen LogP contribution is 2.26. The van der Waals surface area contributed by atoms with Crippen LogP contribution in [0.5, 0.6) is 0 Å². The van der Waals surface area contributed by atoms with Crippen LogP contribution in [0.3, 0.4) is 0 Å². The van der Waals surface area contributed by atoms with E-state index >= 15 is 0 Å². The third kappa shape index (κ3) is 3.35. The highest BCUT2D eigenvalue weighted by atomic mass is 79.9. The quantitative estimate of drug-likeness (QED) is 0.817. The highest BCUT2D eigenvalue weighted by Gasteiger charge is 2.19. The van der Waals surface area contributed by atoms with Crippen molar-refractivity contribution in [3.8, 4) is 6.07 Å². The number of nitrogens with one attached hydrogen (secondary N) is 1. The van der Waals surface area contributed by atoms with Gasteiger partial charge < -0.3 is 5.73 Å². The Labute approximate surface area is 131 Å². The predicted molar refractivity (Wildman–Crippen MR) is 85.3 cm³/mol. The maximum Gasteiger partial charge on any atom is 0.263 e. The lowest BCUT2D eigenvalue weighted by molar-refractivity contribution is 0.601. The zero-order valence-corrected chi connectivity index (χ0v) is 13.5. The summed E-state index contributed by atoms with van der Waals surface area (Å²) in [6.45, 7) is 1.82. The molecule has 108 valence electrons. The van der Waals surface area contributed by atoms with E-state index < -0.39 is 10.0 Å². The van der Waals surface area contributed by atoms with Crippen molar-refractivity contribution in [1.82, 2.24) is 0 Å². The van der Waals surface area contributed by atoms with Gasteiger partial charge in [0.05, 0.1) is 16.9 Å². The first-order chi connectivity index (χ1) is 9.83. The number of hydrogen-bond acceptors (Lipinski definition) is 4. The van der Waals surface area contributed by atoms with Crippen molar-refractivity contribution < 1.29 is 8.42 Å². The van der Waals surface area contributed by atoms with Crippen LogP contribution in [0, 0.1) is 18.3 Å². The lowest BCUT2D eigenvalue weighted by Gasteiger charge is -2.12. The summed E-state index contributed by atoms with van der Waals surface area (Å²) in [6.07, 6.45) is 0. The Hall–Kier alpha value is -2.04. The monoisotopic (exact) mass is 365 g/mol. The van der Waals surface area contributed by atoms with Gasteiger partial charge in [-0.25, -0.2) is 8.42 Å². The van der Waals surface area contributed by atoms with Crippen molar-refractivity contribution in [3.63, 3.8) is 0 Å². The number of nitrogen functional groups attached to an aromatic ring is 1. The highest BCUT2D eigenvalue weighted by molar-refractivity contribution is 9.10. The molecule has 0 heterocycles. The molecule has 21 heavy (non-hydrogen) atoms. The van der Waals surface area contributed by atoms with Gasteiger partial charge in [-0.2, -0.15) is 5.26 Å². The average molecular weight is 366 g/mol. The fourth-order valence-electron chi connectivity index (χ4n) is 1.81. The van der Waals surface area contributed by atoms with E-state index in [1.807, 2.05) is 13.0 Å². The molecule has 3 N–H and O–H groups in total. The van der Waals surface area contributed by atoms with Gasteiger partial charge in [-0.1, -0.05) is 22.0 Å². The van der Waals surface area contributed by atoms with E-state index in [9.17, 15) is 8.42 Å². The van der Waals surface area contributed by atoms with Crippen LogP contribution >= 0.6 is 15.9 Å². The summed E-state index contributed by atoms with van der Waals surface area (Å²) in [5, 5.41) is 9.04. The summed E-state index contributed by atoms with van der Waals surface area (Å²) < 4.78 is 27.9. The Balaban J connectivity index is 2.47. The molecular formula is C14H12BrN3O2S. The molecule has 0 aromatic heterocycles. The van der Waals surface area contributed by atoms with Crippen LogP contribution in [0.15, 0.2) is 45.8 Å². The normalized spacial score (nSPS) is 10.9. The van der Waals surface area contributed by atoms with E-state index in [0.29, 0.717) is 4.47 Å². The molecule has 0 unspecified atom stereocenters. The third-order valence-electron chi connectivity index (χ3n) is 2.80. The second kappa shape index (κ2) is 5.76. The summed E-state index contributed by atoms with van der Waals surface area (Å²) in [5.41, 5.74) is 7.23. The molecule has 0 bridgehead atoms. The SMILES string of the molecule is Cc1ccc(S(=O)(=O)Nc2cc(Br)ccc2C#N)c(N)c1. The van der Waals surface area contributed by atoms with E-state index in [-0.39, 0.29) is 21.8 Å². The van der Waals surface area contributed by atoms with Crippen molar-refractivity contribution >= 4 is 37.3 Å². The Morgan fingerprint density at radius 2 is 1.95 bits per heavy atom. The Bertz CT molecular complexity index is 842. The fourth-order valence-corrected chi connectivity index (χ4v) is 3.36. The molecule has 0 aliphatic heterocycles. The van der Waals surface area contributed by atoms with Crippen molar-refractivity contribution in [2.45, 2.75) is 11.8 Å². The van der Waals surface area contributed by atoms with E-state index in [2.05, 4.69) is 20.7 Å². The maximum atomic E-state index is 12.4. The number of hydrogen-bond donors (Lipinski definition) is 2. The van der Waals surface area contributed by atoms with Crippen LogP contribution in [0.1, 0.15) is 11.1 Å². The van der Waals surface area contributed by atoms with Crippen LogP contribution in [0.4, 0.5) is 11.4 Å². The molecule has 0 saturated heterocycles. The minimum Gasteiger partial charge on any atom is -0.398 e. The van der Waals surface area contributed by atoms with E-state index in [1.54, 1.807) is 18.2 Å². The minimum absolute atomic E-state index is 0.0167. The number of anilines is 2. The minimum atomic E-state index is -3.86. The number of nitrogens with two attached hydrogens (primary N) is 1. The summed E-state index contributed by atoms with van der Waals surface area (Å²) in [5.74, 6) is 0. The number of benzene rings is 2. The Kier molecular flexibility index (Phi) is 4.21. The van der Waals surface area contributed by atoms with Crippen LogP contribution in [0.2, 0.25) is 0 Å². The topological polar surface area (TPSA) is 96.0 Å². The van der Waals surface area contributed by atoms with Gasteiger partial charge in [0.1, 0.15) is 11.0 Å². The maximum absolute atomic E-state index is 12.4. The number of halogens is 1. The molecule has 5 nitrogen and oxygen atoms in total. The average Bonchev–Trinajstić information content (AvgIpc) is 2.37. The number of aryl methyl sites for hydroxylation is 1. The van der Waals surface area contributed by atoms with Gasteiger partial charge in [-0.15, -0.1) is 0 Å². The molecular weight excluding hydrogens is 354 g/mol. The van der Waals surface area contributed by atoms with Gasteiger partial charge in [-0.05, 0) is 42.8 Å². The second-order valence-electron chi connectivity index (χ2n) is 4.45. The van der Waals surface area contributed by atoms with Gasteiger partial charge in [0, 0.05) is 4.47 Å². The van der Waals surface area contributed by atoms with E-state index in [0.717, 1.165) is 5.56 Å². The lowest BCUT2D eigenvalue weighted by Crippen LogP contribution is -2.15. The van der Waals surface area contributed by atoms with Crippen molar-refractivity contribution in [3.05, 3.63) is 52.0 Å². The smallest absolute Gasteiger partial charge is 0.263 e. The molecule has 0 spiro atoms. The van der Waals surface area contributed by atoms with Gasteiger partial charge in [0.25, 0.3) is 10.0 Å². The molecule has 0 atom stereocenters. The van der Waals surface area contributed by atoms with Gasteiger partial charge in [0.15, 0.2) is 0 Å². The molecule has 0 aliphatic carbocycles. The van der Waals surface area contributed by atoms with Crippen molar-refractivity contribution in [2.24, 2.45) is 0 Å². The lowest BCUT2D eigenvalue weighted by atomic mass is 10.2. The van der Waals surface area contributed by atoms with Crippen molar-refractivity contribution in [1.29, 1.82) is 5.26 Å². The number of rotatable bonds is 3. The number of nitriles is 1. The van der Waals surface area contributed by atoms with Gasteiger partial charge in [-0.3, -0.25) is 4.72 Å². The zero-order chi connectivity index (χ0) is 15.6. The van der Waals surface area contributed by atoms with Crippen LogP contribution in [0.25, 0.3) is 0 Å².